The summed E-state index contributed by atoms with van der Waals surface area (Å²) in [6.45, 7) is 1.79. The molecule has 0 atom stereocenters. The fourth-order valence-corrected chi connectivity index (χ4v) is 1.54. The molecule has 0 spiro atoms. The van der Waals surface area contributed by atoms with Crippen molar-refractivity contribution in [1.29, 1.82) is 0 Å². The van der Waals surface area contributed by atoms with Crippen molar-refractivity contribution in [3.8, 4) is 0 Å². The number of carbonyl (C=O) groups is 2. The van der Waals surface area contributed by atoms with Crippen molar-refractivity contribution in [2.75, 3.05) is 20.8 Å². The van der Waals surface area contributed by atoms with Gasteiger partial charge < -0.3 is 4.74 Å². The van der Waals surface area contributed by atoms with Crippen LogP contribution in [0.5, 0.6) is 0 Å². The summed E-state index contributed by atoms with van der Waals surface area (Å²) in [5.41, 5.74) is 0.00441. The van der Waals surface area contributed by atoms with Crippen LogP contribution >= 0.6 is 0 Å². The van der Waals surface area contributed by atoms with Crippen molar-refractivity contribution in [3.05, 3.63) is 51.7 Å². The van der Waals surface area contributed by atoms with E-state index in [0.717, 1.165) is 11.1 Å². The summed E-state index contributed by atoms with van der Waals surface area (Å²) in [6.07, 6.45) is 1.06. The lowest BCUT2D eigenvalue weighted by Crippen LogP contribution is -2.25. The summed E-state index contributed by atoms with van der Waals surface area (Å²) >= 11 is 0. The van der Waals surface area contributed by atoms with Gasteiger partial charge in [-0.15, -0.1) is 0 Å². The Hall–Kier alpha value is -2.74. The molecule has 0 saturated carbocycles. The molecule has 0 aliphatic carbocycles. The molecular weight excluding hydrogens is 292 g/mol. The zero-order valence-electron chi connectivity index (χ0n) is 12.4. The highest BCUT2D eigenvalue weighted by molar-refractivity contribution is 6.08. The monoisotopic (exact) mass is 308 g/mol. The van der Waals surface area contributed by atoms with Crippen LogP contribution in [-0.4, -0.2) is 42.5 Å². The minimum absolute atomic E-state index is 0.0762. The maximum atomic E-state index is 12.1. The van der Waals surface area contributed by atoms with Crippen molar-refractivity contribution >= 4 is 17.4 Å². The number of carbonyl (C=O) groups excluding carboxylic acids is 2. The maximum absolute atomic E-state index is 12.1. The fourth-order valence-electron chi connectivity index (χ4n) is 1.54. The number of non-ortho nitro benzene ring substituents is 1. The topological polar surface area (TPSA) is 99.0 Å². The third kappa shape index (κ3) is 4.38. The molecule has 1 rings (SSSR count). The highest BCUT2D eigenvalue weighted by Crippen LogP contribution is 2.14. The lowest BCUT2D eigenvalue weighted by molar-refractivity contribution is -0.384. The number of allylic oxidation sites excluding steroid dienone is 1. The zero-order valence-corrected chi connectivity index (χ0v) is 12.4. The van der Waals surface area contributed by atoms with E-state index in [0.29, 0.717) is 0 Å². The molecule has 0 aromatic heterocycles. The molecule has 0 saturated heterocycles. The number of ketones is 1. The second-order valence-corrected chi connectivity index (χ2v) is 4.10. The van der Waals surface area contributed by atoms with Gasteiger partial charge in [0, 0.05) is 30.8 Å². The van der Waals surface area contributed by atoms with Crippen LogP contribution in [0.4, 0.5) is 5.69 Å². The largest absolute Gasteiger partial charge is 0.461 e. The van der Waals surface area contributed by atoms with Gasteiger partial charge in [-0.25, -0.2) is 4.79 Å². The maximum Gasteiger partial charge on any atom is 0.357 e. The number of esters is 1. The van der Waals surface area contributed by atoms with Crippen LogP contribution in [-0.2, 0) is 14.4 Å². The van der Waals surface area contributed by atoms with Crippen LogP contribution in [0.25, 0.3) is 0 Å². The molecule has 0 bridgehead atoms. The Labute approximate surface area is 127 Å². The summed E-state index contributed by atoms with van der Waals surface area (Å²) in [7, 11) is 2.79. The van der Waals surface area contributed by atoms with E-state index in [4.69, 9.17) is 9.57 Å². The molecule has 0 radical (unpaired) electrons. The van der Waals surface area contributed by atoms with Gasteiger partial charge in [-0.05, 0) is 19.1 Å². The Kier molecular flexibility index (Phi) is 6.21. The molecule has 8 nitrogen and oxygen atoms in total. The van der Waals surface area contributed by atoms with Crippen LogP contribution < -0.4 is 0 Å². The second-order valence-electron chi connectivity index (χ2n) is 4.10. The minimum Gasteiger partial charge on any atom is -0.461 e. The first-order valence-electron chi connectivity index (χ1n) is 6.36. The number of nitro benzene ring substituents is 1. The smallest absolute Gasteiger partial charge is 0.357 e. The molecule has 1 aromatic carbocycles. The summed E-state index contributed by atoms with van der Waals surface area (Å²) in [4.78, 5) is 38.8. The molecule has 1 aromatic rings. The lowest BCUT2D eigenvalue weighted by atomic mass is 10.1. The van der Waals surface area contributed by atoms with E-state index in [2.05, 4.69) is 0 Å². The third-order valence-corrected chi connectivity index (χ3v) is 2.73. The van der Waals surface area contributed by atoms with Crippen LogP contribution in [0.1, 0.15) is 17.3 Å². The number of likely N-dealkylation sites (N-methyl/N-ethyl adjacent to an activating group) is 1. The van der Waals surface area contributed by atoms with Gasteiger partial charge in [0.1, 0.15) is 0 Å². The van der Waals surface area contributed by atoms with Crippen LogP contribution in [0.15, 0.2) is 36.0 Å². The van der Waals surface area contributed by atoms with Gasteiger partial charge >= 0.3 is 5.97 Å². The highest BCUT2D eigenvalue weighted by Gasteiger charge is 2.18. The standard InChI is InChI=1S/C14H16N2O6/c1-4-22-14(18)12(15(2)21-3)9-13(17)10-5-7-11(8-6-10)16(19)20/h5-9H,4H2,1-3H3/b12-9-. The first-order chi connectivity index (χ1) is 10.4. The third-order valence-electron chi connectivity index (χ3n) is 2.73. The SMILES string of the molecule is CCOC(=O)/C(=C/C(=O)c1ccc([N+](=O)[O-])cc1)N(C)OC. The van der Waals surface area contributed by atoms with E-state index in [-0.39, 0.29) is 23.6 Å². The Morgan fingerprint density at radius 1 is 1.32 bits per heavy atom. The van der Waals surface area contributed by atoms with Crippen molar-refractivity contribution in [2.45, 2.75) is 6.92 Å². The van der Waals surface area contributed by atoms with Crippen LogP contribution in [0, 0.1) is 10.1 Å². The Morgan fingerprint density at radius 2 is 1.91 bits per heavy atom. The number of rotatable bonds is 7. The summed E-state index contributed by atoms with van der Waals surface area (Å²) in [5.74, 6) is -1.20. The fraction of sp³-hybridized carbons (Fsp3) is 0.286. The van der Waals surface area contributed by atoms with Gasteiger partial charge in [0.05, 0.1) is 18.6 Å². The summed E-state index contributed by atoms with van der Waals surface area (Å²) < 4.78 is 4.84. The van der Waals surface area contributed by atoms with E-state index in [1.807, 2.05) is 0 Å². The molecule has 0 aliphatic heterocycles. The number of hydrogen-bond donors (Lipinski definition) is 0. The predicted molar refractivity (Wildman–Crippen MR) is 76.9 cm³/mol. The number of hydrogen-bond acceptors (Lipinski definition) is 7. The van der Waals surface area contributed by atoms with Gasteiger partial charge in [-0.2, -0.15) is 0 Å². The molecule has 0 N–H and O–H groups in total. The average Bonchev–Trinajstić information content (AvgIpc) is 2.51. The molecule has 8 heteroatoms. The highest BCUT2D eigenvalue weighted by atomic mass is 16.7. The normalized spacial score (nSPS) is 11.0. The van der Waals surface area contributed by atoms with Crippen LogP contribution in [0.3, 0.4) is 0 Å². The van der Waals surface area contributed by atoms with Gasteiger partial charge in [0.2, 0.25) is 0 Å². The number of ether oxygens (including phenoxy) is 1. The number of nitrogens with zero attached hydrogens (tertiary/aromatic N) is 2. The molecular formula is C14H16N2O6. The number of benzene rings is 1. The second kappa shape index (κ2) is 7.89. The number of hydroxylamine groups is 2. The van der Waals surface area contributed by atoms with E-state index in [9.17, 15) is 19.7 Å². The van der Waals surface area contributed by atoms with E-state index in [1.54, 1.807) is 6.92 Å². The van der Waals surface area contributed by atoms with Gasteiger partial charge in [-0.1, -0.05) is 0 Å². The van der Waals surface area contributed by atoms with Gasteiger partial charge in [0.25, 0.3) is 5.69 Å². The van der Waals surface area contributed by atoms with E-state index < -0.39 is 16.7 Å². The van der Waals surface area contributed by atoms with Crippen molar-refractivity contribution < 1.29 is 24.1 Å². The molecule has 0 amide bonds. The Morgan fingerprint density at radius 3 is 2.36 bits per heavy atom. The molecule has 0 fully saturated rings. The summed E-state index contributed by atoms with van der Waals surface area (Å²) in [6, 6.07) is 5.05. The molecule has 0 heterocycles. The van der Waals surface area contributed by atoms with Crippen LogP contribution in [0.2, 0.25) is 0 Å². The first kappa shape index (κ1) is 17.3. The quantitative estimate of drug-likeness (QED) is 0.248. The van der Waals surface area contributed by atoms with Crippen molar-refractivity contribution in [3.63, 3.8) is 0 Å². The molecule has 118 valence electrons. The Bertz CT molecular complexity index is 594. The first-order valence-corrected chi connectivity index (χ1v) is 6.36. The van der Waals surface area contributed by atoms with Gasteiger partial charge in [0.15, 0.2) is 11.5 Å². The molecule has 0 aliphatic rings. The average molecular weight is 308 g/mol. The van der Waals surface area contributed by atoms with Crippen molar-refractivity contribution in [2.24, 2.45) is 0 Å². The molecule has 0 unspecified atom stereocenters. The minimum atomic E-state index is -0.706. The van der Waals surface area contributed by atoms with E-state index in [1.165, 1.54) is 38.4 Å². The number of nitro groups is 1. The summed E-state index contributed by atoms with van der Waals surface area (Å²) in [5, 5.41) is 11.7. The van der Waals surface area contributed by atoms with Gasteiger partial charge in [-0.3, -0.25) is 24.8 Å². The molecule has 22 heavy (non-hydrogen) atoms. The van der Waals surface area contributed by atoms with E-state index >= 15 is 0 Å². The van der Waals surface area contributed by atoms with Crippen molar-refractivity contribution in [1.82, 2.24) is 5.06 Å². The lowest BCUT2D eigenvalue weighted by Gasteiger charge is -2.17. The zero-order chi connectivity index (χ0) is 16.7. The Balaban J connectivity index is 3.06. The predicted octanol–water partition coefficient (Wildman–Crippen LogP) is 1.72.